The molecule has 7 heteroatoms. The Hall–Kier alpha value is -0.810. The third-order valence-electron chi connectivity index (χ3n) is 3.03. The SMILES string of the molecule is Fc1c(Cl)cc(-n2c(CCl)nc3ccc(Br)cc32)cc1Cl. The van der Waals surface area contributed by atoms with Crippen molar-refractivity contribution in [3.8, 4) is 5.69 Å². The molecular formula is C14H7BrCl3FN2. The normalized spacial score (nSPS) is 11.3. The molecule has 0 saturated heterocycles. The van der Waals surface area contributed by atoms with Crippen LogP contribution in [0.3, 0.4) is 0 Å². The molecule has 0 radical (unpaired) electrons. The Morgan fingerprint density at radius 2 is 1.81 bits per heavy atom. The van der Waals surface area contributed by atoms with Gasteiger partial charge in [-0.05, 0) is 30.3 Å². The van der Waals surface area contributed by atoms with Crippen molar-refractivity contribution < 1.29 is 4.39 Å². The van der Waals surface area contributed by atoms with Crippen molar-refractivity contribution >= 4 is 61.8 Å². The van der Waals surface area contributed by atoms with Crippen molar-refractivity contribution in [2.24, 2.45) is 0 Å². The van der Waals surface area contributed by atoms with Crippen molar-refractivity contribution in [1.29, 1.82) is 0 Å². The van der Waals surface area contributed by atoms with E-state index in [1.54, 1.807) is 0 Å². The Bertz CT molecular complexity index is 825. The van der Waals surface area contributed by atoms with Gasteiger partial charge in [0.25, 0.3) is 0 Å². The topological polar surface area (TPSA) is 17.8 Å². The van der Waals surface area contributed by atoms with Gasteiger partial charge in [0.2, 0.25) is 0 Å². The van der Waals surface area contributed by atoms with Gasteiger partial charge in [-0.2, -0.15) is 0 Å². The second-order valence-corrected chi connectivity index (χ2v) is 6.35. The van der Waals surface area contributed by atoms with Crippen LogP contribution in [0.15, 0.2) is 34.8 Å². The molecule has 0 bridgehead atoms. The van der Waals surface area contributed by atoms with Crippen LogP contribution in [0.1, 0.15) is 5.82 Å². The average Bonchev–Trinajstić information content (AvgIpc) is 2.81. The molecule has 0 aliphatic heterocycles. The third-order valence-corrected chi connectivity index (χ3v) is 4.31. The zero-order valence-corrected chi connectivity index (χ0v) is 14.2. The van der Waals surface area contributed by atoms with Crippen molar-refractivity contribution in [2.75, 3.05) is 0 Å². The number of hydrogen-bond donors (Lipinski definition) is 0. The Balaban J connectivity index is 2.35. The summed E-state index contributed by atoms with van der Waals surface area (Å²) in [5, 5.41) is -0.0928. The maximum atomic E-state index is 13.6. The van der Waals surface area contributed by atoms with Crippen molar-refractivity contribution in [2.45, 2.75) is 5.88 Å². The fourth-order valence-electron chi connectivity index (χ4n) is 2.15. The van der Waals surface area contributed by atoms with Gasteiger partial charge < -0.3 is 0 Å². The minimum Gasteiger partial charge on any atom is -0.295 e. The van der Waals surface area contributed by atoms with Crippen LogP contribution in [-0.2, 0) is 5.88 Å². The smallest absolute Gasteiger partial charge is 0.160 e. The quantitative estimate of drug-likeness (QED) is 0.377. The van der Waals surface area contributed by atoms with Gasteiger partial charge in [0.1, 0.15) is 5.82 Å². The largest absolute Gasteiger partial charge is 0.295 e. The Kier molecular flexibility index (Phi) is 4.14. The summed E-state index contributed by atoms with van der Waals surface area (Å²) in [6.07, 6.45) is 0. The lowest BCUT2D eigenvalue weighted by Crippen LogP contribution is -2.00. The number of aromatic nitrogens is 2. The van der Waals surface area contributed by atoms with Gasteiger partial charge in [-0.25, -0.2) is 9.37 Å². The van der Waals surface area contributed by atoms with E-state index in [4.69, 9.17) is 34.8 Å². The average molecular weight is 408 g/mol. The van der Waals surface area contributed by atoms with Crippen LogP contribution in [0.25, 0.3) is 16.7 Å². The number of alkyl halides is 1. The number of nitrogens with zero attached hydrogens (tertiary/aromatic N) is 2. The van der Waals surface area contributed by atoms with Gasteiger partial charge in [-0.3, -0.25) is 4.57 Å². The van der Waals surface area contributed by atoms with Crippen LogP contribution in [0.2, 0.25) is 10.0 Å². The number of benzene rings is 2. The molecule has 1 aromatic heterocycles. The summed E-state index contributed by atoms with van der Waals surface area (Å²) in [6.45, 7) is 0. The Labute approximate surface area is 143 Å². The highest BCUT2D eigenvalue weighted by atomic mass is 79.9. The number of rotatable bonds is 2. The maximum Gasteiger partial charge on any atom is 0.160 e. The van der Waals surface area contributed by atoms with Crippen molar-refractivity contribution in [3.63, 3.8) is 0 Å². The highest BCUT2D eigenvalue weighted by Gasteiger charge is 2.15. The first-order valence-corrected chi connectivity index (χ1v) is 7.97. The maximum absolute atomic E-state index is 13.6. The molecule has 3 aromatic rings. The first-order valence-electron chi connectivity index (χ1n) is 5.89. The molecule has 108 valence electrons. The summed E-state index contributed by atoms with van der Waals surface area (Å²) in [6, 6.07) is 8.67. The van der Waals surface area contributed by atoms with Crippen LogP contribution in [0.4, 0.5) is 4.39 Å². The van der Waals surface area contributed by atoms with Crippen LogP contribution in [0, 0.1) is 5.82 Å². The molecule has 0 aliphatic rings. The van der Waals surface area contributed by atoms with Gasteiger partial charge in [0.05, 0.1) is 32.6 Å². The number of halogens is 5. The lowest BCUT2D eigenvalue weighted by molar-refractivity contribution is 0.628. The number of imidazole rings is 1. The van der Waals surface area contributed by atoms with Gasteiger partial charge in [-0.1, -0.05) is 39.1 Å². The minimum absolute atomic E-state index is 0.0464. The molecule has 0 spiro atoms. The summed E-state index contributed by atoms with van der Waals surface area (Å²) in [4.78, 5) is 4.46. The first-order chi connectivity index (χ1) is 10.0. The van der Waals surface area contributed by atoms with Crippen molar-refractivity contribution in [1.82, 2.24) is 9.55 Å². The standard InChI is InChI=1S/C14H7BrCl3FN2/c15-7-1-2-11-12(3-7)21(13(6-16)20-11)8-4-9(17)14(19)10(18)5-8/h1-5H,6H2. The Morgan fingerprint density at radius 3 is 2.43 bits per heavy atom. The second-order valence-electron chi connectivity index (χ2n) is 4.35. The summed E-state index contributed by atoms with van der Waals surface area (Å²) >= 11 is 21.2. The molecule has 21 heavy (non-hydrogen) atoms. The van der Waals surface area contributed by atoms with E-state index in [0.717, 1.165) is 15.5 Å². The molecule has 0 aliphatic carbocycles. The fourth-order valence-corrected chi connectivity index (χ4v) is 3.15. The number of fused-ring (bicyclic) bond motifs is 1. The molecule has 0 N–H and O–H groups in total. The number of hydrogen-bond acceptors (Lipinski definition) is 1. The second kappa shape index (κ2) is 5.76. The predicted molar refractivity (Wildman–Crippen MR) is 88.3 cm³/mol. The van der Waals surface area contributed by atoms with E-state index >= 15 is 0 Å². The fraction of sp³-hybridized carbons (Fsp3) is 0.0714. The first kappa shape index (κ1) is 15.1. The molecule has 1 heterocycles. The summed E-state index contributed by atoms with van der Waals surface area (Å²) in [5.74, 6) is 0.197. The molecule has 3 rings (SSSR count). The van der Waals surface area contributed by atoms with Crippen LogP contribution < -0.4 is 0 Å². The third kappa shape index (κ3) is 2.66. The molecule has 0 saturated carbocycles. The van der Waals surface area contributed by atoms with Crippen LogP contribution >= 0.6 is 50.7 Å². The summed E-state index contributed by atoms with van der Waals surface area (Å²) in [7, 11) is 0. The molecule has 0 atom stereocenters. The lowest BCUT2D eigenvalue weighted by atomic mass is 10.2. The molecule has 0 unspecified atom stereocenters. The molecule has 0 amide bonds. The predicted octanol–water partition coefficient (Wildman–Crippen LogP) is 5.97. The van der Waals surface area contributed by atoms with Gasteiger partial charge >= 0.3 is 0 Å². The van der Waals surface area contributed by atoms with E-state index in [2.05, 4.69) is 20.9 Å². The molecule has 2 nitrogen and oxygen atoms in total. The highest BCUT2D eigenvalue weighted by molar-refractivity contribution is 9.10. The molecule has 0 fully saturated rings. The van der Waals surface area contributed by atoms with Gasteiger partial charge in [-0.15, -0.1) is 11.6 Å². The van der Waals surface area contributed by atoms with E-state index in [1.807, 2.05) is 22.8 Å². The highest BCUT2D eigenvalue weighted by Crippen LogP contribution is 2.31. The summed E-state index contributed by atoms with van der Waals surface area (Å²) < 4.78 is 16.3. The van der Waals surface area contributed by atoms with E-state index in [1.165, 1.54) is 12.1 Å². The zero-order valence-electron chi connectivity index (χ0n) is 10.4. The van der Waals surface area contributed by atoms with E-state index in [9.17, 15) is 4.39 Å². The lowest BCUT2D eigenvalue weighted by Gasteiger charge is -2.10. The summed E-state index contributed by atoms with van der Waals surface area (Å²) in [5.41, 5.74) is 2.23. The monoisotopic (exact) mass is 406 g/mol. The van der Waals surface area contributed by atoms with Gasteiger partial charge in [0, 0.05) is 4.47 Å². The van der Waals surface area contributed by atoms with Crippen LogP contribution in [0.5, 0.6) is 0 Å². The van der Waals surface area contributed by atoms with E-state index in [-0.39, 0.29) is 15.9 Å². The zero-order chi connectivity index (χ0) is 15.1. The molecule has 2 aromatic carbocycles. The Morgan fingerprint density at radius 1 is 1.14 bits per heavy atom. The van der Waals surface area contributed by atoms with E-state index in [0.29, 0.717) is 11.5 Å². The molecular weight excluding hydrogens is 401 g/mol. The van der Waals surface area contributed by atoms with Gasteiger partial charge in [0.15, 0.2) is 5.82 Å². The van der Waals surface area contributed by atoms with Crippen LogP contribution in [-0.4, -0.2) is 9.55 Å². The van der Waals surface area contributed by atoms with E-state index < -0.39 is 5.82 Å². The minimum atomic E-state index is -0.639. The van der Waals surface area contributed by atoms with Crippen molar-refractivity contribution in [3.05, 3.63) is 56.5 Å².